The monoisotopic (exact) mass is 285 g/mol. The summed E-state index contributed by atoms with van der Waals surface area (Å²) >= 11 is 5.77. The van der Waals surface area contributed by atoms with Gasteiger partial charge in [-0.1, -0.05) is 26.0 Å². The molecule has 19 heavy (non-hydrogen) atoms. The lowest BCUT2D eigenvalue weighted by Gasteiger charge is -2.23. The van der Waals surface area contributed by atoms with E-state index >= 15 is 0 Å². The van der Waals surface area contributed by atoms with Gasteiger partial charge in [-0.25, -0.2) is 0 Å². The Balaban J connectivity index is 2.24. The third kappa shape index (κ3) is 6.17. The number of methoxy groups -OCH3 is 1. The Hall–Kier alpha value is -0.930. The first-order valence-corrected chi connectivity index (χ1v) is 7.15. The van der Waals surface area contributed by atoms with Crippen molar-refractivity contribution < 1.29 is 9.47 Å². The van der Waals surface area contributed by atoms with Crippen molar-refractivity contribution in [1.29, 1.82) is 0 Å². The number of para-hydroxylation sites is 2. The Morgan fingerprint density at radius 1 is 1.21 bits per heavy atom. The van der Waals surface area contributed by atoms with E-state index in [-0.39, 0.29) is 5.41 Å². The molecule has 1 aromatic carbocycles. The summed E-state index contributed by atoms with van der Waals surface area (Å²) < 4.78 is 10.9. The van der Waals surface area contributed by atoms with Gasteiger partial charge in [0.25, 0.3) is 0 Å². The van der Waals surface area contributed by atoms with Gasteiger partial charge in [0.15, 0.2) is 11.5 Å². The molecule has 0 fully saturated rings. The van der Waals surface area contributed by atoms with E-state index in [0.29, 0.717) is 12.5 Å². The number of nitrogens with one attached hydrogen (secondary N) is 1. The van der Waals surface area contributed by atoms with Crippen molar-refractivity contribution in [2.24, 2.45) is 5.41 Å². The van der Waals surface area contributed by atoms with Crippen molar-refractivity contribution in [2.75, 3.05) is 32.7 Å². The number of hydrogen-bond donors (Lipinski definition) is 1. The van der Waals surface area contributed by atoms with Crippen LogP contribution in [-0.2, 0) is 0 Å². The molecule has 0 spiro atoms. The average Bonchev–Trinajstić information content (AvgIpc) is 2.38. The second-order valence-corrected chi connectivity index (χ2v) is 5.66. The van der Waals surface area contributed by atoms with Crippen molar-refractivity contribution in [1.82, 2.24) is 5.32 Å². The minimum absolute atomic E-state index is 0.228. The molecule has 0 saturated heterocycles. The number of ether oxygens (including phenoxy) is 2. The lowest BCUT2D eigenvalue weighted by atomic mass is 9.90. The topological polar surface area (TPSA) is 30.5 Å². The van der Waals surface area contributed by atoms with Crippen LogP contribution in [0.15, 0.2) is 24.3 Å². The minimum atomic E-state index is 0.228. The summed E-state index contributed by atoms with van der Waals surface area (Å²) in [5.74, 6) is 2.25. The summed E-state index contributed by atoms with van der Waals surface area (Å²) in [5, 5.41) is 3.39. The molecule has 4 heteroatoms. The van der Waals surface area contributed by atoms with Crippen molar-refractivity contribution in [3.05, 3.63) is 24.3 Å². The molecule has 0 saturated carbocycles. The lowest BCUT2D eigenvalue weighted by molar-refractivity contribution is 0.273. The van der Waals surface area contributed by atoms with Crippen LogP contribution in [-0.4, -0.2) is 32.7 Å². The highest BCUT2D eigenvalue weighted by Gasteiger charge is 2.15. The van der Waals surface area contributed by atoms with E-state index in [1.165, 1.54) is 0 Å². The third-order valence-corrected chi connectivity index (χ3v) is 3.17. The molecule has 0 radical (unpaired) electrons. The number of alkyl halides is 1. The highest BCUT2D eigenvalue weighted by Crippen LogP contribution is 2.25. The summed E-state index contributed by atoms with van der Waals surface area (Å²) in [4.78, 5) is 0. The van der Waals surface area contributed by atoms with Crippen LogP contribution in [0.5, 0.6) is 11.5 Å². The Bertz CT molecular complexity index is 369. The van der Waals surface area contributed by atoms with Gasteiger partial charge in [-0.2, -0.15) is 0 Å². The van der Waals surface area contributed by atoms with Gasteiger partial charge >= 0.3 is 0 Å². The second kappa shape index (κ2) is 8.28. The Morgan fingerprint density at radius 2 is 1.89 bits per heavy atom. The Morgan fingerprint density at radius 3 is 2.53 bits per heavy atom. The summed E-state index contributed by atoms with van der Waals surface area (Å²) in [6.07, 6.45) is 1.01. The first-order valence-electron chi connectivity index (χ1n) is 6.61. The number of benzene rings is 1. The molecule has 0 aromatic heterocycles. The zero-order valence-electron chi connectivity index (χ0n) is 12.0. The van der Waals surface area contributed by atoms with Gasteiger partial charge in [0.2, 0.25) is 0 Å². The largest absolute Gasteiger partial charge is 0.493 e. The highest BCUT2D eigenvalue weighted by atomic mass is 35.5. The maximum atomic E-state index is 5.77. The summed E-state index contributed by atoms with van der Waals surface area (Å²) in [6.45, 7) is 6.79. The maximum Gasteiger partial charge on any atom is 0.161 e. The molecule has 1 N–H and O–H groups in total. The fourth-order valence-electron chi connectivity index (χ4n) is 1.74. The molecule has 0 bridgehead atoms. The fourth-order valence-corrected chi connectivity index (χ4v) is 2.25. The van der Waals surface area contributed by atoms with Crippen molar-refractivity contribution in [3.8, 4) is 11.5 Å². The van der Waals surface area contributed by atoms with Crippen LogP contribution >= 0.6 is 11.6 Å². The number of halogens is 1. The van der Waals surface area contributed by atoms with Gasteiger partial charge in [-0.05, 0) is 24.0 Å². The SMILES string of the molecule is COc1ccccc1OCCNCC(C)(C)CCCl. The van der Waals surface area contributed by atoms with E-state index in [0.717, 1.165) is 31.0 Å². The fraction of sp³-hybridized carbons (Fsp3) is 0.600. The molecule has 0 atom stereocenters. The zero-order chi connectivity index (χ0) is 14.1. The Kier molecular flexibility index (Phi) is 7.03. The molecule has 0 unspecified atom stereocenters. The second-order valence-electron chi connectivity index (χ2n) is 5.28. The van der Waals surface area contributed by atoms with Crippen LogP contribution in [0.4, 0.5) is 0 Å². The molecular weight excluding hydrogens is 262 g/mol. The number of hydrogen-bond acceptors (Lipinski definition) is 3. The van der Waals surface area contributed by atoms with E-state index in [1.807, 2.05) is 24.3 Å². The van der Waals surface area contributed by atoms with Crippen LogP contribution in [0, 0.1) is 5.41 Å². The van der Waals surface area contributed by atoms with E-state index in [1.54, 1.807) is 7.11 Å². The highest BCUT2D eigenvalue weighted by molar-refractivity contribution is 6.17. The first kappa shape index (κ1) is 16.1. The van der Waals surface area contributed by atoms with Crippen molar-refractivity contribution >= 4 is 11.6 Å². The first-order chi connectivity index (χ1) is 9.09. The summed E-state index contributed by atoms with van der Waals surface area (Å²) in [6, 6.07) is 7.68. The normalized spacial score (nSPS) is 11.4. The van der Waals surface area contributed by atoms with Crippen LogP contribution < -0.4 is 14.8 Å². The van der Waals surface area contributed by atoms with Gasteiger partial charge in [-0.15, -0.1) is 11.6 Å². The number of rotatable bonds is 9. The lowest BCUT2D eigenvalue weighted by Crippen LogP contribution is -2.32. The minimum Gasteiger partial charge on any atom is -0.493 e. The van der Waals surface area contributed by atoms with E-state index in [2.05, 4.69) is 19.2 Å². The van der Waals surface area contributed by atoms with Crippen LogP contribution in [0.3, 0.4) is 0 Å². The molecular formula is C15H24ClNO2. The van der Waals surface area contributed by atoms with E-state index in [9.17, 15) is 0 Å². The molecule has 1 aromatic rings. The smallest absolute Gasteiger partial charge is 0.161 e. The van der Waals surface area contributed by atoms with Crippen LogP contribution in [0.1, 0.15) is 20.3 Å². The van der Waals surface area contributed by atoms with Gasteiger partial charge in [0.1, 0.15) is 6.61 Å². The van der Waals surface area contributed by atoms with Gasteiger partial charge in [-0.3, -0.25) is 0 Å². The van der Waals surface area contributed by atoms with Crippen LogP contribution in [0.2, 0.25) is 0 Å². The van der Waals surface area contributed by atoms with E-state index in [4.69, 9.17) is 21.1 Å². The van der Waals surface area contributed by atoms with Crippen LogP contribution in [0.25, 0.3) is 0 Å². The predicted molar refractivity (Wildman–Crippen MR) is 80.5 cm³/mol. The molecule has 108 valence electrons. The van der Waals surface area contributed by atoms with Gasteiger partial charge < -0.3 is 14.8 Å². The molecule has 0 aliphatic rings. The van der Waals surface area contributed by atoms with E-state index < -0.39 is 0 Å². The van der Waals surface area contributed by atoms with Gasteiger partial charge in [0, 0.05) is 19.0 Å². The average molecular weight is 286 g/mol. The van der Waals surface area contributed by atoms with Gasteiger partial charge in [0.05, 0.1) is 7.11 Å². The molecule has 0 aliphatic heterocycles. The zero-order valence-corrected chi connectivity index (χ0v) is 12.8. The Labute approximate surface area is 121 Å². The maximum absolute atomic E-state index is 5.77. The van der Waals surface area contributed by atoms with Crippen molar-refractivity contribution in [3.63, 3.8) is 0 Å². The summed E-state index contributed by atoms with van der Waals surface area (Å²) in [5.41, 5.74) is 0.228. The van der Waals surface area contributed by atoms with Crippen molar-refractivity contribution in [2.45, 2.75) is 20.3 Å². The molecule has 3 nitrogen and oxygen atoms in total. The molecule has 0 heterocycles. The third-order valence-electron chi connectivity index (χ3n) is 2.98. The predicted octanol–water partition coefficient (Wildman–Crippen LogP) is 3.32. The summed E-state index contributed by atoms with van der Waals surface area (Å²) in [7, 11) is 1.65. The molecule has 0 aliphatic carbocycles. The standard InChI is InChI=1S/C15H24ClNO2/c1-15(2,8-9-16)12-17-10-11-19-14-7-5-4-6-13(14)18-3/h4-7,17H,8-12H2,1-3H3. The molecule has 0 amide bonds. The quantitative estimate of drug-likeness (QED) is 0.558. The molecule has 1 rings (SSSR count).